The van der Waals surface area contributed by atoms with Gasteiger partial charge in [-0.15, -0.1) is 0 Å². The minimum Gasteiger partial charge on any atom is -0.487 e. The number of carboxylic acid groups (broad SMARTS) is 1. The number of aliphatic carboxylic acids is 1. The van der Waals surface area contributed by atoms with Crippen LogP contribution in [0.5, 0.6) is 5.75 Å². The highest BCUT2D eigenvalue weighted by molar-refractivity contribution is 5.95. The van der Waals surface area contributed by atoms with Crippen LogP contribution in [0.25, 0.3) is 11.1 Å². The van der Waals surface area contributed by atoms with Crippen molar-refractivity contribution in [3.8, 4) is 16.9 Å². The van der Waals surface area contributed by atoms with E-state index in [0.29, 0.717) is 43.4 Å². The van der Waals surface area contributed by atoms with Gasteiger partial charge in [-0.1, -0.05) is 18.2 Å². The van der Waals surface area contributed by atoms with Gasteiger partial charge in [-0.2, -0.15) is 0 Å². The molecule has 0 bridgehead atoms. The zero-order valence-electron chi connectivity index (χ0n) is 19.6. The lowest BCUT2D eigenvalue weighted by atomic mass is 10.1. The summed E-state index contributed by atoms with van der Waals surface area (Å²) in [6, 6.07) is 5.46. The number of anilines is 2. The summed E-state index contributed by atoms with van der Waals surface area (Å²) >= 11 is 0. The van der Waals surface area contributed by atoms with Gasteiger partial charge in [0, 0.05) is 36.7 Å². The van der Waals surface area contributed by atoms with Crippen molar-refractivity contribution in [2.45, 2.75) is 33.3 Å². The summed E-state index contributed by atoms with van der Waals surface area (Å²) in [6.45, 7) is 7.18. The first-order chi connectivity index (χ1) is 16.4. The van der Waals surface area contributed by atoms with Crippen molar-refractivity contribution >= 4 is 23.6 Å². The Balaban J connectivity index is 1.52. The van der Waals surface area contributed by atoms with Crippen LogP contribution in [0, 0.1) is 5.92 Å². The molecule has 0 spiro atoms. The largest absolute Gasteiger partial charge is 0.487 e. The highest BCUT2D eigenvalue weighted by atomic mass is 16.5. The van der Waals surface area contributed by atoms with Crippen LogP contribution in [0.15, 0.2) is 54.5 Å². The Hall–Kier alpha value is -3.88. The maximum Gasteiger partial charge on any atom is 0.326 e. The summed E-state index contributed by atoms with van der Waals surface area (Å²) in [5.41, 5.74) is 3.13. The van der Waals surface area contributed by atoms with Crippen LogP contribution in [0.2, 0.25) is 0 Å². The fourth-order valence-corrected chi connectivity index (χ4v) is 4.11. The lowest BCUT2D eigenvalue weighted by molar-refractivity contribution is -0.140. The number of fused-ring (bicyclic) bond motifs is 1. The summed E-state index contributed by atoms with van der Waals surface area (Å²) in [7, 11) is 0. The molecule has 2 atom stereocenters. The van der Waals surface area contributed by atoms with Crippen LogP contribution in [0.4, 0.5) is 16.4 Å². The Morgan fingerprint density at radius 2 is 1.97 bits per heavy atom. The van der Waals surface area contributed by atoms with Crippen molar-refractivity contribution in [3.63, 3.8) is 0 Å². The predicted molar refractivity (Wildman–Crippen MR) is 130 cm³/mol. The Kier molecular flexibility index (Phi) is 6.81. The number of amides is 2. The van der Waals surface area contributed by atoms with Gasteiger partial charge >= 0.3 is 12.0 Å². The molecule has 9 heteroatoms. The zero-order chi connectivity index (χ0) is 24.2. The fraction of sp³-hybridized carbons (Fsp3) is 0.360. The van der Waals surface area contributed by atoms with E-state index in [0.717, 1.165) is 16.8 Å². The third-order valence-corrected chi connectivity index (χ3v) is 5.90. The molecular weight excluding hydrogens is 434 g/mol. The third-order valence-electron chi connectivity index (χ3n) is 5.90. The molecule has 1 fully saturated rings. The number of nitrogens with one attached hydrogen (secondary N) is 1. The van der Waals surface area contributed by atoms with Crippen molar-refractivity contribution < 1.29 is 19.4 Å². The van der Waals surface area contributed by atoms with Crippen LogP contribution in [-0.2, 0) is 4.79 Å². The molecule has 9 nitrogen and oxygen atoms in total. The molecule has 178 valence electrons. The smallest absolute Gasteiger partial charge is 0.326 e. The van der Waals surface area contributed by atoms with Gasteiger partial charge in [-0.05, 0) is 51.0 Å². The number of ether oxygens (including phenoxy) is 1. The molecule has 0 saturated carbocycles. The maximum atomic E-state index is 12.9. The Labute approximate surface area is 198 Å². The van der Waals surface area contributed by atoms with Gasteiger partial charge in [0.25, 0.3) is 0 Å². The number of allylic oxidation sites excluding steroid dienone is 4. The molecule has 0 radical (unpaired) electrons. The molecule has 1 aromatic heterocycles. The van der Waals surface area contributed by atoms with Gasteiger partial charge in [0.15, 0.2) is 0 Å². The summed E-state index contributed by atoms with van der Waals surface area (Å²) < 4.78 is 6.03. The van der Waals surface area contributed by atoms with E-state index in [1.165, 1.54) is 0 Å². The van der Waals surface area contributed by atoms with Crippen molar-refractivity contribution in [3.05, 3.63) is 54.5 Å². The number of aromatic nitrogens is 2. The van der Waals surface area contributed by atoms with E-state index in [-0.39, 0.29) is 18.1 Å². The average Bonchev–Trinajstić information content (AvgIpc) is 3.32. The maximum absolute atomic E-state index is 12.9. The lowest BCUT2D eigenvalue weighted by Gasteiger charge is -2.33. The van der Waals surface area contributed by atoms with Crippen molar-refractivity contribution in [2.75, 3.05) is 29.4 Å². The first-order valence-electron chi connectivity index (χ1n) is 11.3. The first kappa shape index (κ1) is 23.3. The molecular formula is C25H29N5O4. The highest BCUT2D eigenvalue weighted by Crippen LogP contribution is 2.37. The number of rotatable bonds is 5. The normalized spacial score (nSPS) is 20.3. The van der Waals surface area contributed by atoms with E-state index in [2.05, 4.69) is 15.3 Å². The summed E-state index contributed by atoms with van der Waals surface area (Å²) in [4.78, 5) is 36.6. The number of nitrogens with zero attached hydrogens (tertiary/aromatic N) is 4. The first-order valence-corrected chi connectivity index (χ1v) is 11.3. The van der Waals surface area contributed by atoms with Gasteiger partial charge in [-0.25, -0.2) is 14.8 Å². The second-order valence-electron chi connectivity index (χ2n) is 8.57. The number of hydrogen-bond donors (Lipinski definition) is 2. The standard InChI is InChI=1S/C25H29N5O4/c1-4-5-6-16(2)28-25(33)30-14-17(3)34-22-11-18(7-8-21(22)30)20-12-26-24(27-13-20)29-10-9-19(15-29)23(31)32/h4-8,11-13,17,19H,9-10,14-15H2,1-3H3,(H,28,33)(H,31,32). The molecule has 4 rings (SSSR count). The molecule has 2 amide bonds. The van der Waals surface area contributed by atoms with Gasteiger partial charge in [-0.3, -0.25) is 9.69 Å². The van der Waals surface area contributed by atoms with Crippen molar-refractivity contribution in [1.82, 2.24) is 15.3 Å². The quantitative estimate of drug-likeness (QED) is 0.649. The molecule has 34 heavy (non-hydrogen) atoms. The monoisotopic (exact) mass is 463 g/mol. The number of hydrogen-bond acceptors (Lipinski definition) is 6. The molecule has 1 saturated heterocycles. The Morgan fingerprint density at radius 3 is 2.65 bits per heavy atom. The number of carbonyl (C=O) groups excluding carboxylic acids is 1. The summed E-state index contributed by atoms with van der Waals surface area (Å²) in [6.07, 6.45) is 9.50. The molecule has 3 heterocycles. The predicted octanol–water partition coefficient (Wildman–Crippen LogP) is 3.83. The van der Waals surface area contributed by atoms with Crippen molar-refractivity contribution in [2.24, 2.45) is 5.92 Å². The fourth-order valence-electron chi connectivity index (χ4n) is 4.11. The molecule has 2 aliphatic rings. The van der Waals surface area contributed by atoms with E-state index in [1.54, 1.807) is 17.3 Å². The number of carbonyl (C=O) groups is 2. The minimum atomic E-state index is -0.783. The van der Waals surface area contributed by atoms with Gasteiger partial charge < -0.3 is 20.1 Å². The molecule has 1 aromatic carbocycles. The minimum absolute atomic E-state index is 0.163. The number of benzene rings is 1. The lowest BCUT2D eigenvalue weighted by Crippen LogP contribution is -2.46. The van der Waals surface area contributed by atoms with E-state index in [1.807, 2.05) is 62.1 Å². The van der Waals surface area contributed by atoms with Crippen LogP contribution < -0.4 is 19.9 Å². The van der Waals surface area contributed by atoms with Crippen LogP contribution >= 0.6 is 0 Å². The molecule has 0 aliphatic carbocycles. The van der Waals surface area contributed by atoms with Crippen LogP contribution in [0.3, 0.4) is 0 Å². The SMILES string of the molecule is CC=CC=C(C)NC(=O)N1CC(C)Oc2cc(-c3cnc(N4CCC(C(=O)O)C4)nc3)ccc21. The number of urea groups is 1. The second-order valence-corrected chi connectivity index (χ2v) is 8.57. The van der Waals surface area contributed by atoms with Gasteiger partial charge in [0.05, 0.1) is 18.2 Å². The van der Waals surface area contributed by atoms with Gasteiger partial charge in [0.1, 0.15) is 11.9 Å². The van der Waals surface area contributed by atoms with E-state index < -0.39 is 5.97 Å². The van der Waals surface area contributed by atoms with Crippen molar-refractivity contribution in [1.29, 1.82) is 0 Å². The highest BCUT2D eigenvalue weighted by Gasteiger charge is 2.30. The average molecular weight is 464 g/mol. The zero-order valence-corrected chi connectivity index (χ0v) is 19.6. The van der Waals surface area contributed by atoms with Crippen LogP contribution in [-0.4, -0.2) is 52.8 Å². The molecule has 2 unspecified atom stereocenters. The van der Waals surface area contributed by atoms with E-state index in [9.17, 15) is 14.7 Å². The Morgan fingerprint density at radius 1 is 1.21 bits per heavy atom. The summed E-state index contributed by atoms with van der Waals surface area (Å²) in [5, 5.41) is 12.1. The van der Waals surface area contributed by atoms with Crippen LogP contribution in [0.1, 0.15) is 27.2 Å². The van der Waals surface area contributed by atoms with E-state index >= 15 is 0 Å². The molecule has 2 aliphatic heterocycles. The molecule has 2 N–H and O–H groups in total. The molecule has 2 aromatic rings. The second kappa shape index (κ2) is 9.94. The van der Waals surface area contributed by atoms with Gasteiger partial charge in [0.2, 0.25) is 5.95 Å². The summed E-state index contributed by atoms with van der Waals surface area (Å²) in [5.74, 6) is -0.0198. The Bertz CT molecular complexity index is 1130. The van der Waals surface area contributed by atoms with E-state index in [4.69, 9.17) is 4.74 Å². The third kappa shape index (κ3) is 5.03. The topological polar surface area (TPSA) is 108 Å². The number of carboxylic acids is 1.